The second kappa shape index (κ2) is 6.58. The fraction of sp³-hybridized carbons (Fsp3) is 0.0667. The van der Waals surface area contributed by atoms with Crippen LogP contribution in [-0.4, -0.2) is 35.8 Å². The second-order valence-electron chi connectivity index (χ2n) is 4.94. The van der Waals surface area contributed by atoms with Gasteiger partial charge in [0.05, 0.1) is 17.4 Å². The van der Waals surface area contributed by atoms with E-state index in [0.717, 1.165) is 5.56 Å². The Kier molecular flexibility index (Phi) is 3.97. The summed E-state index contributed by atoms with van der Waals surface area (Å²) in [7, 11) is 0. The quantitative estimate of drug-likeness (QED) is 0.524. The maximum absolute atomic E-state index is 8.99. The highest BCUT2D eigenvalue weighted by atomic mass is 32.2. The van der Waals surface area contributed by atoms with E-state index in [0.29, 0.717) is 39.6 Å². The Morgan fingerprint density at radius 2 is 2.08 bits per heavy atom. The van der Waals surface area contributed by atoms with Crippen LogP contribution in [0.3, 0.4) is 0 Å². The Balaban J connectivity index is 1.51. The van der Waals surface area contributed by atoms with Crippen LogP contribution in [0.1, 0.15) is 11.4 Å². The van der Waals surface area contributed by atoms with E-state index in [1.165, 1.54) is 11.8 Å². The first-order chi connectivity index (χ1) is 12.3. The second-order valence-corrected chi connectivity index (χ2v) is 5.88. The first kappa shape index (κ1) is 15.1. The van der Waals surface area contributed by atoms with Crippen LogP contribution in [0.5, 0.6) is 0 Å². The molecule has 0 aliphatic carbocycles. The summed E-state index contributed by atoms with van der Waals surface area (Å²) in [6, 6.07) is 13.0. The molecule has 0 saturated heterocycles. The minimum Gasteiger partial charge on any atom is -0.453 e. The summed E-state index contributed by atoms with van der Waals surface area (Å²) in [5.41, 5.74) is 1.41. The summed E-state index contributed by atoms with van der Waals surface area (Å²) in [5, 5.41) is 30.2. The van der Waals surface area contributed by atoms with Crippen molar-refractivity contribution in [3.05, 3.63) is 47.8 Å². The lowest BCUT2D eigenvalue weighted by molar-refractivity contribution is 0.592. The van der Waals surface area contributed by atoms with Crippen LogP contribution < -0.4 is 0 Å². The van der Waals surface area contributed by atoms with Crippen molar-refractivity contribution in [3.8, 4) is 29.0 Å². The number of nitrogens with one attached hydrogen (secondary N) is 2. The molecule has 2 N–H and O–H groups in total. The van der Waals surface area contributed by atoms with Gasteiger partial charge >= 0.3 is 0 Å². The third kappa shape index (κ3) is 3.26. The number of hydrogen-bond acceptors (Lipinski definition) is 8. The van der Waals surface area contributed by atoms with E-state index >= 15 is 0 Å². The Hall–Kier alpha value is -3.45. The lowest BCUT2D eigenvalue weighted by Gasteiger charge is -1.97. The number of aromatic amines is 2. The first-order valence-electron chi connectivity index (χ1n) is 7.20. The number of nitriles is 1. The van der Waals surface area contributed by atoms with Crippen molar-refractivity contribution in [3.63, 3.8) is 0 Å². The molecule has 3 aromatic heterocycles. The summed E-state index contributed by atoms with van der Waals surface area (Å²) >= 11 is 1.39. The predicted molar refractivity (Wildman–Crippen MR) is 88.0 cm³/mol. The summed E-state index contributed by atoms with van der Waals surface area (Å²) in [5.74, 6) is 2.84. The zero-order valence-corrected chi connectivity index (χ0v) is 13.5. The van der Waals surface area contributed by atoms with Gasteiger partial charge in [-0.25, -0.2) is 0 Å². The average Bonchev–Trinajstić information content (AvgIpc) is 3.41. The molecule has 0 saturated carbocycles. The van der Waals surface area contributed by atoms with Gasteiger partial charge in [-0.05, 0) is 24.3 Å². The molecule has 1 aromatic carbocycles. The van der Waals surface area contributed by atoms with Crippen LogP contribution in [0.25, 0.3) is 22.9 Å². The standard InChI is InChI=1S/C15H10N8OS/c16-7-9-2-1-3-10(6-9)11-4-5-12(24-11)14-17-15(21-20-14)25-8-13-18-22-23-19-13/h1-6H,8H2,(H,17,20,21)(H,18,19,22,23). The van der Waals surface area contributed by atoms with Gasteiger partial charge in [-0.2, -0.15) is 15.5 Å². The van der Waals surface area contributed by atoms with Gasteiger partial charge in [-0.3, -0.25) is 5.10 Å². The minimum atomic E-state index is 0.512. The number of tetrazole rings is 1. The maximum Gasteiger partial charge on any atom is 0.209 e. The minimum absolute atomic E-state index is 0.512. The summed E-state index contributed by atoms with van der Waals surface area (Å²) in [4.78, 5) is 4.38. The molecule has 25 heavy (non-hydrogen) atoms. The smallest absolute Gasteiger partial charge is 0.209 e. The van der Waals surface area contributed by atoms with Crippen LogP contribution >= 0.6 is 11.8 Å². The van der Waals surface area contributed by atoms with Crippen LogP contribution in [0.15, 0.2) is 46.0 Å². The van der Waals surface area contributed by atoms with E-state index < -0.39 is 0 Å². The highest BCUT2D eigenvalue weighted by Crippen LogP contribution is 2.28. The zero-order chi connectivity index (χ0) is 17.1. The fourth-order valence-corrected chi connectivity index (χ4v) is 2.80. The highest BCUT2D eigenvalue weighted by Gasteiger charge is 2.12. The van der Waals surface area contributed by atoms with Gasteiger partial charge in [0.2, 0.25) is 5.16 Å². The van der Waals surface area contributed by atoms with Crippen molar-refractivity contribution in [2.24, 2.45) is 0 Å². The number of nitrogens with zero attached hydrogens (tertiary/aromatic N) is 6. The van der Waals surface area contributed by atoms with E-state index in [4.69, 9.17) is 9.68 Å². The third-order valence-electron chi connectivity index (χ3n) is 3.30. The van der Waals surface area contributed by atoms with E-state index in [-0.39, 0.29) is 0 Å². The van der Waals surface area contributed by atoms with Crippen LogP contribution in [-0.2, 0) is 5.75 Å². The molecule has 4 aromatic rings. The van der Waals surface area contributed by atoms with Crippen molar-refractivity contribution < 1.29 is 4.42 Å². The Bertz CT molecular complexity index is 1030. The van der Waals surface area contributed by atoms with Gasteiger partial charge in [0.25, 0.3) is 0 Å². The van der Waals surface area contributed by atoms with Gasteiger partial charge in [-0.1, -0.05) is 29.1 Å². The number of H-pyrrole nitrogens is 2. The average molecular weight is 350 g/mol. The SMILES string of the molecule is N#Cc1cccc(-c2ccc(-c3nc(SCc4nn[nH]n4)n[nH]3)o2)c1. The molecule has 0 aliphatic heterocycles. The predicted octanol–water partition coefficient (Wildman–Crippen LogP) is 2.41. The monoisotopic (exact) mass is 350 g/mol. The molecule has 122 valence electrons. The Morgan fingerprint density at radius 3 is 2.92 bits per heavy atom. The number of thioether (sulfide) groups is 1. The van der Waals surface area contributed by atoms with Gasteiger partial charge in [0.15, 0.2) is 17.4 Å². The van der Waals surface area contributed by atoms with Gasteiger partial charge in [0.1, 0.15) is 5.76 Å². The van der Waals surface area contributed by atoms with Crippen molar-refractivity contribution in [1.82, 2.24) is 35.8 Å². The molecule has 9 nitrogen and oxygen atoms in total. The van der Waals surface area contributed by atoms with E-state index in [2.05, 4.69) is 41.9 Å². The molecular weight excluding hydrogens is 340 g/mol. The van der Waals surface area contributed by atoms with Gasteiger partial charge in [-0.15, -0.1) is 15.3 Å². The van der Waals surface area contributed by atoms with Crippen molar-refractivity contribution in [2.45, 2.75) is 10.9 Å². The van der Waals surface area contributed by atoms with Crippen molar-refractivity contribution >= 4 is 11.8 Å². The van der Waals surface area contributed by atoms with Gasteiger partial charge in [0, 0.05) is 5.56 Å². The highest BCUT2D eigenvalue weighted by molar-refractivity contribution is 7.98. The van der Waals surface area contributed by atoms with Crippen molar-refractivity contribution in [1.29, 1.82) is 5.26 Å². The number of benzene rings is 1. The lowest BCUT2D eigenvalue weighted by Crippen LogP contribution is -1.85. The number of rotatable bonds is 5. The molecule has 0 bridgehead atoms. The molecule has 0 spiro atoms. The molecular formula is C15H10N8OS. The topological polar surface area (TPSA) is 133 Å². The summed E-state index contributed by atoms with van der Waals surface area (Å²) in [6.45, 7) is 0. The zero-order valence-electron chi connectivity index (χ0n) is 12.7. The number of furan rings is 1. The lowest BCUT2D eigenvalue weighted by atomic mass is 10.1. The van der Waals surface area contributed by atoms with Crippen LogP contribution in [0, 0.1) is 11.3 Å². The normalized spacial score (nSPS) is 10.7. The van der Waals surface area contributed by atoms with Gasteiger partial charge < -0.3 is 4.42 Å². The first-order valence-corrected chi connectivity index (χ1v) is 8.18. The van der Waals surface area contributed by atoms with Crippen LogP contribution in [0.4, 0.5) is 0 Å². The Labute approximate surface area is 145 Å². The number of aromatic nitrogens is 7. The molecule has 3 heterocycles. The molecule has 0 amide bonds. The molecule has 4 rings (SSSR count). The molecule has 0 aliphatic rings. The molecule has 0 atom stereocenters. The third-order valence-corrected chi connectivity index (χ3v) is 4.14. The fourth-order valence-electron chi connectivity index (χ4n) is 2.16. The van der Waals surface area contributed by atoms with E-state index in [9.17, 15) is 0 Å². The van der Waals surface area contributed by atoms with E-state index in [1.807, 2.05) is 24.3 Å². The number of hydrogen-bond donors (Lipinski definition) is 2. The van der Waals surface area contributed by atoms with Crippen LogP contribution in [0.2, 0.25) is 0 Å². The molecule has 0 unspecified atom stereocenters. The van der Waals surface area contributed by atoms with Crippen molar-refractivity contribution in [2.75, 3.05) is 0 Å². The largest absolute Gasteiger partial charge is 0.453 e. The molecule has 0 radical (unpaired) electrons. The molecule has 0 fully saturated rings. The Morgan fingerprint density at radius 1 is 1.16 bits per heavy atom. The molecule has 10 heteroatoms. The van der Waals surface area contributed by atoms with E-state index in [1.54, 1.807) is 12.1 Å². The maximum atomic E-state index is 8.99. The summed E-state index contributed by atoms with van der Waals surface area (Å²) in [6.07, 6.45) is 0. The summed E-state index contributed by atoms with van der Waals surface area (Å²) < 4.78 is 5.83.